The lowest BCUT2D eigenvalue weighted by atomic mass is 9.57. The Morgan fingerprint density at radius 1 is 1.43 bits per heavy atom. The van der Waals surface area contributed by atoms with Crippen LogP contribution in [-0.2, 0) is 21.4 Å². The summed E-state index contributed by atoms with van der Waals surface area (Å²) in [6, 6.07) is 4.55. The van der Waals surface area contributed by atoms with Crippen LogP contribution in [0.3, 0.4) is 0 Å². The van der Waals surface area contributed by atoms with Gasteiger partial charge >= 0.3 is 6.09 Å². The predicted octanol–water partition coefficient (Wildman–Crippen LogP) is 2.70. The summed E-state index contributed by atoms with van der Waals surface area (Å²) in [6.45, 7) is 0.961. The standard InChI is InChI=1S/C18H20FN3O5S/c1-28(24,25)22-9-18(10-22)5-12(6-18)15-3-2-13(4-16(15)19)21-17(23)26-8-14-7-20-11-27-14/h2-4,7,11-12H,5-6,8-10H2,1H3,(H,21,23). The van der Waals surface area contributed by atoms with Gasteiger partial charge in [0, 0.05) is 18.8 Å². The summed E-state index contributed by atoms with van der Waals surface area (Å²) in [6.07, 6.45) is 4.69. The van der Waals surface area contributed by atoms with Crippen molar-refractivity contribution in [3.63, 3.8) is 0 Å². The molecule has 1 aromatic carbocycles. The molecule has 28 heavy (non-hydrogen) atoms. The lowest BCUT2D eigenvalue weighted by Crippen LogP contribution is -2.62. The Morgan fingerprint density at radius 3 is 2.79 bits per heavy atom. The second-order valence-corrected chi connectivity index (χ2v) is 9.52. The maximum atomic E-state index is 14.5. The number of benzene rings is 1. The van der Waals surface area contributed by atoms with Gasteiger partial charge in [0.1, 0.15) is 5.82 Å². The van der Waals surface area contributed by atoms with Crippen molar-refractivity contribution in [2.45, 2.75) is 25.4 Å². The molecule has 1 N–H and O–H groups in total. The van der Waals surface area contributed by atoms with E-state index in [1.807, 2.05) is 0 Å². The minimum atomic E-state index is -3.14. The first-order chi connectivity index (χ1) is 13.2. The minimum Gasteiger partial charge on any atom is -0.445 e. The van der Waals surface area contributed by atoms with Gasteiger partial charge in [-0.1, -0.05) is 6.07 Å². The molecule has 2 aliphatic rings. The Bertz CT molecular complexity index is 979. The second-order valence-electron chi connectivity index (χ2n) is 7.54. The van der Waals surface area contributed by atoms with Crippen LogP contribution in [0.1, 0.15) is 30.1 Å². The Morgan fingerprint density at radius 2 is 2.18 bits per heavy atom. The topological polar surface area (TPSA) is 102 Å². The maximum Gasteiger partial charge on any atom is 0.412 e. The van der Waals surface area contributed by atoms with Crippen molar-refractivity contribution >= 4 is 21.8 Å². The quantitative estimate of drug-likeness (QED) is 0.815. The molecule has 2 aromatic rings. The van der Waals surface area contributed by atoms with E-state index < -0.39 is 21.9 Å². The number of amides is 1. The molecular formula is C18H20FN3O5S. The molecule has 4 rings (SSSR count). The molecule has 1 amide bonds. The molecule has 8 nitrogen and oxygen atoms in total. The van der Waals surface area contributed by atoms with E-state index in [9.17, 15) is 17.6 Å². The van der Waals surface area contributed by atoms with Crippen LogP contribution in [0.25, 0.3) is 0 Å². The number of anilines is 1. The molecule has 1 aliphatic heterocycles. The van der Waals surface area contributed by atoms with Crippen LogP contribution < -0.4 is 5.32 Å². The number of aromatic nitrogens is 1. The fourth-order valence-corrected chi connectivity index (χ4v) is 4.96. The molecule has 2 fully saturated rings. The van der Waals surface area contributed by atoms with Crippen molar-refractivity contribution in [1.29, 1.82) is 0 Å². The van der Waals surface area contributed by atoms with E-state index in [1.54, 1.807) is 12.1 Å². The van der Waals surface area contributed by atoms with Gasteiger partial charge in [-0.25, -0.2) is 26.9 Å². The normalized spacial score (nSPS) is 19.1. The van der Waals surface area contributed by atoms with Gasteiger partial charge in [0.2, 0.25) is 10.0 Å². The molecule has 1 aromatic heterocycles. The van der Waals surface area contributed by atoms with Gasteiger partial charge in [0.15, 0.2) is 18.8 Å². The zero-order chi connectivity index (χ0) is 19.9. The third-order valence-electron chi connectivity index (χ3n) is 5.37. The number of rotatable bonds is 5. The highest BCUT2D eigenvalue weighted by molar-refractivity contribution is 7.88. The number of carbonyl (C=O) groups excluding carboxylic acids is 1. The van der Waals surface area contributed by atoms with Crippen LogP contribution in [0.15, 0.2) is 35.2 Å². The van der Waals surface area contributed by atoms with Gasteiger partial charge < -0.3 is 9.15 Å². The average molecular weight is 409 g/mol. The molecule has 2 heterocycles. The zero-order valence-corrected chi connectivity index (χ0v) is 16.0. The van der Waals surface area contributed by atoms with Gasteiger partial charge in [-0.05, 0) is 41.9 Å². The number of oxazole rings is 1. The highest BCUT2D eigenvalue weighted by atomic mass is 32.2. The molecule has 10 heteroatoms. The highest BCUT2D eigenvalue weighted by Gasteiger charge is 2.55. The average Bonchev–Trinajstić information content (AvgIpc) is 3.04. The third-order valence-corrected chi connectivity index (χ3v) is 6.56. The predicted molar refractivity (Wildman–Crippen MR) is 97.5 cm³/mol. The van der Waals surface area contributed by atoms with E-state index in [4.69, 9.17) is 9.15 Å². The molecule has 0 unspecified atom stereocenters. The van der Waals surface area contributed by atoms with E-state index >= 15 is 0 Å². The van der Waals surface area contributed by atoms with Crippen LogP contribution in [0, 0.1) is 11.2 Å². The molecule has 0 radical (unpaired) electrons. The number of sulfonamides is 1. The number of carbonyl (C=O) groups is 1. The fraction of sp³-hybridized carbons (Fsp3) is 0.444. The van der Waals surface area contributed by atoms with Crippen molar-refractivity contribution in [2.24, 2.45) is 5.41 Å². The van der Waals surface area contributed by atoms with Crippen LogP contribution in [-0.4, -0.2) is 43.1 Å². The van der Waals surface area contributed by atoms with E-state index in [2.05, 4.69) is 10.3 Å². The van der Waals surface area contributed by atoms with E-state index in [0.29, 0.717) is 30.1 Å². The van der Waals surface area contributed by atoms with Crippen LogP contribution in [0.5, 0.6) is 0 Å². The Hall–Kier alpha value is -2.46. The highest BCUT2D eigenvalue weighted by Crippen LogP contribution is 2.56. The summed E-state index contributed by atoms with van der Waals surface area (Å²) >= 11 is 0. The molecule has 150 valence electrons. The molecule has 1 saturated carbocycles. The number of hydrogen-bond acceptors (Lipinski definition) is 6. The van der Waals surface area contributed by atoms with Gasteiger partial charge in [0.05, 0.1) is 12.5 Å². The summed E-state index contributed by atoms with van der Waals surface area (Å²) < 4.78 is 48.9. The van der Waals surface area contributed by atoms with Gasteiger partial charge in [0.25, 0.3) is 0 Å². The smallest absolute Gasteiger partial charge is 0.412 e. The summed E-state index contributed by atoms with van der Waals surface area (Å²) in [5.41, 5.74) is 0.871. The molecule has 1 spiro atoms. The summed E-state index contributed by atoms with van der Waals surface area (Å²) in [5, 5.41) is 2.47. The number of ether oxygens (including phenoxy) is 1. The van der Waals surface area contributed by atoms with Crippen LogP contribution in [0.2, 0.25) is 0 Å². The maximum absolute atomic E-state index is 14.5. The van der Waals surface area contributed by atoms with Gasteiger partial charge in [-0.15, -0.1) is 0 Å². The molecular weight excluding hydrogens is 389 g/mol. The van der Waals surface area contributed by atoms with Gasteiger partial charge in [-0.3, -0.25) is 5.32 Å². The largest absolute Gasteiger partial charge is 0.445 e. The van der Waals surface area contributed by atoms with Crippen molar-refractivity contribution in [2.75, 3.05) is 24.7 Å². The lowest BCUT2D eigenvalue weighted by molar-refractivity contribution is -0.0260. The third kappa shape index (κ3) is 3.74. The van der Waals surface area contributed by atoms with Gasteiger partial charge in [-0.2, -0.15) is 0 Å². The SMILES string of the molecule is CS(=O)(=O)N1CC2(CC(c3ccc(NC(=O)OCc4cnco4)cc3F)C2)C1. The number of halogens is 1. The number of hydrogen-bond donors (Lipinski definition) is 1. The monoisotopic (exact) mass is 409 g/mol. The zero-order valence-electron chi connectivity index (χ0n) is 15.2. The second kappa shape index (κ2) is 6.85. The summed E-state index contributed by atoms with van der Waals surface area (Å²) in [4.78, 5) is 15.5. The number of nitrogens with zero attached hydrogens (tertiary/aromatic N) is 2. The Balaban J connectivity index is 1.30. The Labute approximate surface area is 161 Å². The lowest BCUT2D eigenvalue weighted by Gasteiger charge is -2.58. The van der Waals surface area contributed by atoms with E-state index in [-0.39, 0.29) is 17.9 Å². The van der Waals surface area contributed by atoms with Crippen molar-refractivity contribution < 1.29 is 26.8 Å². The molecule has 1 saturated heterocycles. The summed E-state index contributed by atoms with van der Waals surface area (Å²) in [5.74, 6) is 0.0716. The summed E-state index contributed by atoms with van der Waals surface area (Å²) in [7, 11) is -3.14. The van der Waals surface area contributed by atoms with E-state index in [0.717, 1.165) is 12.8 Å². The van der Waals surface area contributed by atoms with E-state index in [1.165, 1.54) is 29.2 Å². The first kappa shape index (κ1) is 18.9. The first-order valence-corrected chi connectivity index (χ1v) is 10.6. The first-order valence-electron chi connectivity index (χ1n) is 8.80. The number of nitrogens with one attached hydrogen (secondary N) is 1. The molecule has 1 aliphatic carbocycles. The molecule has 0 bridgehead atoms. The van der Waals surface area contributed by atoms with Crippen molar-refractivity contribution in [1.82, 2.24) is 9.29 Å². The van der Waals surface area contributed by atoms with Crippen LogP contribution in [0.4, 0.5) is 14.9 Å². The minimum absolute atomic E-state index is 0.0123. The van der Waals surface area contributed by atoms with Crippen LogP contribution >= 0.6 is 0 Å². The van der Waals surface area contributed by atoms with Crippen molar-refractivity contribution in [3.05, 3.63) is 47.9 Å². The molecule has 0 atom stereocenters. The fourth-order valence-electron chi connectivity index (χ4n) is 3.94. The Kier molecular flexibility index (Phi) is 4.62. The van der Waals surface area contributed by atoms with Crippen molar-refractivity contribution in [3.8, 4) is 0 Å².